The number of hydrogen-bond acceptors (Lipinski definition) is 4. The van der Waals surface area contributed by atoms with Gasteiger partial charge in [-0.25, -0.2) is 0 Å². The summed E-state index contributed by atoms with van der Waals surface area (Å²) in [6.07, 6.45) is 0.935. The summed E-state index contributed by atoms with van der Waals surface area (Å²) in [5.41, 5.74) is 0. The second kappa shape index (κ2) is 6.78. The molecule has 0 fully saturated rings. The molecule has 16 heavy (non-hydrogen) atoms. The van der Waals surface area contributed by atoms with Gasteiger partial charge in [-0.2, -0.15) is 0 Å². The average Bonchev–Trinajstić information content (AvgIpc) is 2.49. The van der Waals surface area contributed by atoms with Crippen molar-refractivity contribution in [3.63, 3.8) is 0 Å². The summed E-state index contributed by atoms with van der Waals surface area (Å²) in [5, 5.41) is 4.81. The smallest absolute Gasteiger partial charge is 0.231 e. The molecule has 92 valence electrons. The van der Waals surface area contributed by atoms with Crippen molar-refractivity contribution in [1.82, 2.24) is 9.78 Å². The van der Waals surface area contributed by atoms with Crippen LogP contribution in [-0.4, -0.2) is 36.7 Å². The van der Waals surface area contributed by atoms with Crippen LogP contribution in [0.2, 0.25) is 0 Å². The van der Waals surface area contributed by atoms with Gasteiger partial charge >= 0.3 is 0 Å². The minimum Gasteiger partial charge on any atom is -0.703 e. The van der Waals surface area contributed by atoms with Crippen LogP contribution in [0, 0.1) is 6.92 Å². The van der Waals surface area contributed by atoms with E-state index in [4.69, 9.17) is 22.1 Å². The van der Waals surface area contributed by atoms with Gasteiger partial charge in [-0.15, -0.1) is 4.68 Å². The first-order chi connectivity index (χ1) is 7.66. The molecule has 5 nitrogen and oxygen atoms in total. The van der Waals surface area contributed by atoms with Crippen molar-refractivity contribution in [1.29, 1.82) is 0 Å². The van der Waals surface area contributed by atoms with Crippen LogP contribution in [0.25, 0.3) is 0 Å². The van der Waals surface area contributed by atoms with Crippen molar-refractivity contribution in [3.05, 3.63) is 5.82 Å². The highest BCUT2D eigenvalue weighted by atomic mass is 32.1. The van der Waals surface area contributed by atoms with Gasteiger partial charge in [-0.1, -0.05) is 0 Å². The van der Waals surface area contributed by atoms with Gasteiger partial charge in [0.2, 0.25) is 5.82 Å². The zero-order chi connectivity index (χ0) is 12.0. The molecule has 0 radical (unpaired) electrons. The number of methoxy groups -OCH3 is 1. The largest absolute Gasteiger partial charge is 0.703 e. The van der Waals surface area contributed by atoms with Crippen LogP contribution >= 0.6 is 0 Å². The molecule has 1 rings (SSSR count). The minimum absolute atomic E-state index is 0.636. The summed E-state index contributed by atoms with van der Waals surface area (Å²) in [6, 6.07) is 0. The lowest BCUT2D eigenvalue weighted by molar-refractivity contribution is -0.739. The molecule has 0 bridgehead atoms. The van der Waals surface area contributed by atoms with Crippen LogP contribution in [0.5, 0.6) is 0 Å². The maximum atomic E-state index is 5.38. The zero-order valence-corrected chi connectivity index (χ0v) is 10.9. The fraction of sp³-hybridized carbons (Fsp3) is 0.800. The van der Waals surface area contributed by atoms with Crippen LogP contribution in [0.4, 0.5) is 0 Å². The second-order valence-corrected chi connectivity index (χ2v) is 3.93. The molecule has 1 aromatic heterocycles. The molecule has 0 saturated carbocycles. The second-order valence-electron chi connectivity index (χ2n) is 3.56. The van der Waals surface area contributed by atoms with Gasteiger partial charge in [0.05, 0.1) is 26.8 Å². The topological polar surface area (TPSA) is 40.2 Å². The van der Waals surface area contributed by atoms with Crippen LogP contribution < -0.4 is 4.57 Å². The zero-order valence-electron chi connectivity index (χ0n) is 10.1. The number of ether oxygens (including phenoxy) is 2. The molecular formula is C10H19N3O2S. The normalized spacial score (nSPS) is 10.9. The number of nitrogens with zero attached hydrogens (tertiary/aromatic N) is 3. The molecule has 0 aliphatic rings. The molecular weight excluding hydrogens is 226 g/mol. The standard InChI is InChI=1S/C10H19N3O2S/c1-9-12(2)11-10(16)13(9)5-4-6-15-8-7-14-3/h4-8H2,1-3H3. The predicted octanol–water partition coefficient (Wildman–Crippen LogP) is -0.0251. The number of aromatic nitrogens is 3. The Kier molecular flexibility index (Phi) is 5.65. The first kappa shape index (κ1) is 13.3. The van der Waals surface area contributed by atoms with Crippen molar-refractivity contribution in [3.8, 4) is 0 Å². The van der Waals surface area contributed by atoms with Gasteiger partial charge in [0.1, 0.15) is 0 Å². The summed E-state index contributed by atoms with van der Waals surface area (Å²) < 4.78 is 14.1. The Balaban J connectivity index is 2.26. The molecule has 0 aliphatic heterocycles. The van der Waals surface area contributed by atoms with E-state index in [-0.39, 0.29) is 0 Å². The Bertz CT molecular complexity index is 328. The molecule has 0 saturated heterocycles. The van der Waals surface area contributed by atoms with E-state index in [1.165, 1.54) is 0 Å². The SMILES string of the molecule is COCCOCCC[n+]1c([S-])nn(C)c1C. The summed E-state index contributed by atoms with van der Waals surface area (Å²) >= 11 is 5.15. The van der Waals surface area contributed by atoms with Crippen LogP contribution in [0.3, 0.4) is 0 Å². The highest BCUT2D eigenvalue weighted by Crippen LogP contribution is 1.93. The van der Waals surface area contributed by atoms with Crippen LogP contribution in [0.1, 0.15) is 12.2 Å². The van der Waals surface area contributed by atoms with E-state index in [1.807, 2.05) is 18.5 Å². The van der Waals surface area contributed by atoms with Gasteiger partial charge < -0.3 is 22.1 Å². The first-order valence-corrected chi connectivity index (χ1v) is 5.74. The van der Waals surface area contributed by atoms with Crippen molar-refractivity contribution >= 4 is 12.6 Å². The summed E-state index contributed by atoms with van der Waals surface area (Å²) in [7, 11) is 3.57. The quantitative estimate of drug-likeness (QED) is 0.384. The lowest BCUT2D eigenvalue weighted by atomic mass is 10.4. The minimum atomic E-state index is 0.636. The lowest BCUT2D eigenvalue weighted by Gasteiger charge is -2.05. The summed E-state index contributed by atoms with van der Waals surface area (Å²) in [6.45, 7) is 4.87. The van der Waals surface area contributed by atoms with Crippen LogP contribution in [-0.2, 0) is 35.7 Å². The maximum absolute atomic E-state index is 5.38. The molecule has 0 aromatic carbocycles. The number of rotatable bonds is 7. The average molecular weight is 245 g/mol. The van der Waals surface area contributed by atoms with E-state index in [2.05, 4.69) is 5.10 Å². The third-order valence-electron chi connectivity index (χ3n) is 2.43. The molecule has 0 spiro atoms. The van der Waals surface area contributed by atoms with E-state index >= 15 is 0 Å². The van der Waals surface area contributed by atoms with E-state index in [0.29, 0.717) is 18.4 Å². The predicted molar refractivity (Wildman–Crippen MR) is 61.1 cm³/mol. The Hall–Kier alpha value is -0.720. The van der Waals surface area contributed by atoms with Crippen molar-refractivity contribution in [2.24, 2.45) is 7.05 Å². The molecule has 0 amide bonds. The van der Waals surface area contributed by atoms with Gasteiger partial charge in [0, 0.05) is 32.2 Å². The van der Waals surface area contributed by atoms with E-state index in [0.717, 1.165) is 25.4 Å². The monoisotopic (exact) mass is 245 g/mol. The highest BCUT2D eigenvalue weighted by Gasteiger charge is 2.10. The molecule has 0 atom stereocenters. The summed E-state index contributed by atoms with van der Waals surface area (Å²) in [4.78, 5) is 0. The first-order valence-electron chi connectivity index (χ1n) is 5.34. The molecule has 0 unspecified atom stereocenters. The Morgan fingerprint density at radius 2 is 2.12 bits per heavy atom. The fourth-order valence-corrected chi connectivity index (χ4v) is 1.74. The van der Waals surface area contributed by atoms with Gasteiger partial charge in [0.25, 0.3) is 0 Å². The third kappa shape index (κ3) is 3.70. The van der Waals surface area contributed by atoms with Gasteiger partial charge in [-0.05, 0) is 0 Å². The van der Waals surface area contributed by atoms with Gasteiger partial charge in [-0.3, -0.25) is 4.57 Å². The number of aryl methyl sites for hydroxylation is 1. The maximum Gasteiger partial charge on any atom is 0.231 e. The van der Waals surface area contributed by atoms with Crippen molar-refractivity contribution in [2.75, 3.05) is 26.9 Å². The molecule has 0 aliphatic carbocycles. The van der Waals surface area contributed by atoms with Crippen molar-refractivity contribution in [2.45, 2.75) is 25.0 Å². The number of hydrogen-bond donors (Lipinski definition) is 0. The van der Waals surface area contributed by atoms with Gasteiger partial charge in [0.15, 0.2) is 5.16 Å². The Morgan fingerprint density at radius 1 is 1.38 bits per heavy atom. The van der Waals surface area contributed by atoms with E-state index in [1.54, 1.807) is 11.8 Å². The summed E-state index contributed by atoms with van der Waals surface area (Å²) in [5.74, 6) is 1.07. The molecule has 0 N–H and O–H groups in total. The molecule has 1 heterocycles. The Morgan fingerprint density at radius 3 is 2.69 bits per heavy atom. The molecule has 1 aromatic rings. The highest BCUT2D eigenvalue weighted by molar-refractivity contribution is 7.58. The fourth-order valence-electron chi connectivity index (χ4n) is 1.39. The van der Waals surface area contributed by atoms with Crippen molar-refractivity contribution < 1.29 is 14.0 Å². The third-order valence-corrected chi connectivity index (χ3v) is 2.73. The van der Waals surface area contributed by atoms with Crippen LogP contribution in [0.15, 0.2) is 5.16 Å². The Labute approximate surface area is 102 Å². The molecule has 6 heteroatoms. The lowest BCUT2D eigenvalue weighted by Crippen LogP contribution is -2.38. The van der Waals surface area contributed by atoms with E-state index < -0.39 is 0 Å². The van der Waals surface area contributed by atoms with E-state index in [9.17, 15) is 0 Å².